The summed E-state index contributed by atoms with van der Waals surface area (Å²) in [5.74, 6) is 1.33. The minimum Gasteiger partial charge on any atom is -0.493 e. The van der Waals surface area contributed by atoms with Crippen molar-refractivity contribution in [2.45, 2.75) is 0 Å². The highest BCUT2D eigenvalue weighted by Gasteiger charge is 2.17. The highest BCUT2D eigenvalue weighted by Crippen LogP contribution is 2.42. The predicted octanol–water partition coefficient (Wildman–Crippen LogP) is 4.46. The molecule has 0 aliphatic carbocycles. The van der Waals surface area contributed by atoms with Crippen molar-refractivity contribution in [1.82, 2.24) is 15.2 Å². The van der Waals surface area contributed by atoms with Crippen LogP contribution in [0.15, 0.2) is 48.7 Å². The summed E-state index contributed by atoms with van der Waals surface area (Å²) in [5.41, 5.74) is 3.89. The number of benzene rings is 2. The number of aromatic amines is 1. The van der Waals surface area contributed by atoms with E-state index < -0.39 is 0 Å². The molecule has 7 heteroatoms. The van der Waals surface area contributed by atoms with E-state index in [0.29, 0.717) is 22.9 Å². The summed E-state index contributed by atoms with van der Waals surface area (Å²) in [4.78, 5) is 4.42. The van der Waals surface area contributed by atoms with Crippen LogP contribution in [-0.2, 0) is 0 Å². The molecule has 1 N–H and O–H groups in total. The largest absolute Gasteiger partial charge is 0.493 e. The van der Waals surface area contributed by atoms with E-state index in [2.05, 4.69) is 15.2 Å². The molecule has 2 aromatic carbocycles. The number of rotatable bonds is 5. The van der Waals surface area contributed by atoms with Gasteiger partial charge in [0.2, 0.25) is 5.75 Å². The maximum absolute atomic E-state index is 13.2. The number of methoxy groups -OCH3 is 3. The van der Waals surface area contributed by atoms with Gasteiger partial charge in [-0.05, 0) is 35.9 Å². The van der Waals surface area contributed by atoms with Crippen LogP contribution in [-0.4, -0.2) is 36.5 Å². The Morgan fingerprint density at radius 1 is 0.821 bits per heavy atom. The number of halogens is 1. The molecular formula is C21H18FN3O3. The van der Waals surface area contributed by atoms with Gasteiger partial charge in [-0.1, -0.05) is 12.1 Å². The zero-order chi connectivity index (χ0) is 19.7. The minimum atomic E-state index is -0.279. The molecule has 0 saturated carbocycles. The molecule has 28 heavy (non-hydrogen) atoms. The Morgan fingerprint density at radius 2 is 1.50 bits per heavy atom. The van der Waals surface area contributed by atoms with Gasteiger partial charge in [0, 0.05) is 22.7 Å². The number of aromatic nitrogens is 3. The Hall–Kier alpha value is -3.61. The van der Waals surface area contributed by atoms with Crippen molar-refractivity contribution in [3.05, 3.63) is 54.5 Å². The van der Waals surface area contributed by atoms with Crippen molar-refractivity contribution in [1.29, 1.82) is 0 Å². The predicted molar refractivity (Wildman–Crippen MR) is 104 cm³/mol. The number of H-pyrrole nitrogens is 1. The molecule has 4 aromatic rings. The first kappa shape index (κ1) is 17.8. The highest BCUT2D eigenvalue weighted by atomic mass is 19.1. The molecule has 0 bridgehead atoms. The van der Waals surface area contributed by atoms with Crippen molar-refractivity contribution < 1.29 is 18.6 Å². The second kappa shape index (κ2) is 7.19. The second-order valence-electron chi connectivity index (χ2n) is 6.11. The van der Waals surface area contributed by atoms with Gasteiger partial charge in [0.25, 0.3) is 0 Å². The molecule has 0 radical (unpaired) electrons. The van der Waals surface area contributed by atoms with Crippen molar-refractivity contribution in [2.75, 3.05) is 21.3 Å². The van der Waals surface area contributed by atoms with Gasteiger partial charge in [-0.15, -0.1) is 0 Å². The monoisotopic (exact) mass is 379 g/mol. The summed E-state index contributed by atoms with van der Waals surface area (Å²) in [6.07, 6.45) is 1.72. The fourth-order valence-corrected chi connectivity index (χ4v) is 3.15. The first-order chi connectivity index (χ1) is 13.6. The van der Waals surface area contributed by atoms with Gasteiger partial charge in [-0.25, -0.2) is 9.37 Å². The van der Waals surface area contributed by atoms with E-state index >= 15 is 0 Å². The van der Waals surface area contributed by atoms with Gasteiger partial charge in [-0.3, -0.25) is 5.10 Å². The maximum atomic E-state index is 13.2. The number of hydrogen-bond acceptors (Lipinski definition) is 5. The van der Waals surface area contributed by atoms with Crippen LogP contribution in [0.1, 0.15) is 0 Å². The van der Waals surface area contributed by atoms with Gasteiger partial charge in [0.05, 0.1) is 27.0 Å². The molecule has 2 aromatic heterocycles. The molecule has 0 aliphatic rings. The standard InChI is InChI=1S/C21H18FN3O3/c1-26-17-9-13(10-18(27-2)20(17)28-3)19-16-8-14(11-23-21(16)25-24-19)12-4-6-15(22)7-5-12/h4-11H,1-3H3,(H,23,24,25). The normalized spacial score (nSPS) is 10.9. The summed E-state index contributed by atoms with van der Waals surface area (Å²) in [7, 11) is 4.70. The third-order valence-electron chi connectivity index (χ3n) is 4.54. The van der Waals surface area contributed by atoms with Crippen LogP contribution in [0.2, 0.25) is 0 Å². The van der Waals surface area contributed by atoms with Crippen LogP contribution >= 0.6 is 0 Å². The molecule has 0 aliphatic heterocycles. The first-order valence-corrected chi connectivity index (χ1v) is 8.55. The average molecular weight is 379 g/mol. The molecule has 0 atom stereocenters. The highest BCUT2D eigenvalue weighted by molar-refractivity contribution is 5.94. The van der Waals surface area contributed by atoms with E-state index in [1.807, 2.05) is 18.2 Å². The fourth-order valence-electron chi connectivity index (χ4n) is 3.15. The molecule has 0 unspecified atom stereocenters. The molecule has 2 heterocycles. The first-order valence-electron chi connectivity index (χ1n) is 8.55. The minimum absolute atomic E-state index is 0.279. The van der Waals surface area contributed by atoms with Gasteiger partial charge in [0.15, 0.2) is 17.1 Å². The molecule has 0 fully saturated rings. The van der Waals surface area contributed by atoms with E-state index in [4.69, 9.17) is 14.2 Å². The van der Waals surface area contributed by atoms with Crippen molar-refractivity contribution in [3.63, 3.8) is 0 Å². The van der Waals surface area contributed by atoms with Crippen LogP contribution in [0.3, 0.4) is 0 Å². The van der Waals surface area contributed by atoms with E-state index in [1.54, 1.807) is 39.7 Å². The lowest BCUT2D eigenvalue weighted by Crippen LogP contribution is -1.96. The van der Waals surface area contributed by atoms with Gasteiger partial charge >= 0.3 is 0 Å². The fraction of sp³-hybridized carbons (Fsp3) is 0.143. The zero-order valence-corrected chi connectivity index (χ0v) is 15.6. The molecular weight excluding hydrogens is 361 g/mol. The Labute approximate surface area is 160 Å². The lowest BCUT2D eigenvalue weighted by molar-refractivity contribution is 0.324. The molecule has 4 rings (SSSR count). The number of ether oxygens (including phenoxy) is 3. The second-order valence-corrected chi connectivity index (χ2v) is 6.11. The summed E-state index contributed by atoms with van der Waals surface area (Å²) in [6, 6.07) is 12.0. The summed E-state index contributed by atoms with van der Waals surface area (Å²) < 4.78 is 29.5. The van der Waals surface area contributed by atoms with E-state index in [0.717, 1.165) is 27.8 Å². The maximum Gasteiger partial charge on any atom is 0.203 e. The lowest BCUT2D eigenvalue weighted by Gasteiger charge is -2.13. The average Bonchev–Trinajstić information content (AvgIpc) is 3.16. The molecule has 142 valence electrons. The van der Waals surface area contributed by atoms with Crippen LogP contribution < -0.4 is 14.2 Å². The number of fused-ring (bicyclic) bond motifs is 1. The number of pyridine rings is 1. The summed E-state index contributed by atoms with van der Waals surface area (Å²) in [5, 5.41) is 8.15. The molecule has 0 saturated heterocycles. The van der Waals surface area contributed by atoms with Crippen LogP contribution in [0.25, 0.3) is 33.4 Å². The number of nitrogens with zero attached hydrogens (tertiary/aromatic N) is 2. The smallest absolute Gasteiger partial charge is 0.203 e. The number of nitrogens with one attached hydrogen (secondary N) is 1. The van der Waals surface area contributed by atoms with Crippen LogP contribution in [0.5, 0.6) is 17.2 Å². The Bertz CT molecular complexity index is 1110. The summed E-state index contributed by atoms with van der Waals surface area (Å²) in [6.45, 7) is 0. The third kappa shape index (κ3) is 3.00. The third-order valence-corrected chi connectivity index (χ3v) is 4.54. The van der Waals surface area contributed by atoms with E-state index in [1.165, 1.54) is 12.1 Å². The zero-order valence-electron chi connectivity index (χ0n) is 15.6. The molecule has 6 nitrogen and oxygen atoms in total. The van der Waals surface area contributed by atoms with Gasteiger partial charge < -0.3 is 14.2 Å². The van der Waals surface area contributed by atoms with Crippen molar-refractivity contribution >= 4 is 11.0 Å². The van der Waals surface area contributed by atoms with Crippen LogP contribution in [0.4, 0.5) is 4.39 Å². The van der Waals surface area contributed by atoms with E-state index in [-0.39, 0.29) is 5.82 Å². The van der Waals surface area contributed by atoms with Crippen LogP contribution in [0, 0.1) is 5.82 Å². The SMILES string of the molecule is COc1cc(-c2[nH]nc3ncc(-c4ccc(F)cc4)cc23)cc(OC)c1OC. The van der Waals surface area contributed by atoms with Crippen molar-refractivity contribution in [2.24, 2.45) is 0 Å². The lowest BCUT2D eigenvalue weighted by atomic mass is 10.0. The Balaban J connectivity index is 1.87. The Morgan fingerprint density at radius 3 is 2.11 bits per heavy atom. The van der Waals surface area contributed by atoms with Gasteiger partial charge in [-0.2, -0.15) is 5.10 Å². The van der Waals surface area contributed by atoms with Crippen molar-refractivity contribution in [3.8, 4) is 39.6 Å². The topological polar surface area (TPSA) is 69.3 Å². The van der Waals surface area contributed by atoms with E-state index in [9.17, 15) is 4.39 Å². The van der Waals surface area contributed by atoms with Gasteiger partial charge in [0.1, 0.15) is 5.82 Å². The summed E-state index contributed by atoms with van der Waals surface area (Å²) >= 11 is 0. The quantitative estimate of drug-likeness (QED) is 0.555. The molecule has 0 spiro atoms. The number of hydrogen-bond donors (Lipinski definition) is 1. The molecule has 0 amide bonds. The Kier molecular flexibility index (Phi) is 4.57.